The molecule has 3 heteroatoms. The number of nitrogens with zero attached hydrogens (tertiary/aromatic N) is 1. The summed E-state index contributed by atoms with van der Waals surface area (Å²) in [5.74, 6) is 0.426. The van der Waals surface area contributed by atoms with Crippen LogP contribution in [-0.4, -0.2) is 11.2 Å². The Hall–Kier alpha value is -0.440. The molecule has 2 rings (SSSR count). The minimum atomic E-state index is -0.561. The van der Waals surface area contributed by atoms with Crippen molar-refractivity contribution in [3.63, 3.8) is 0 Å². The molecular formula is C7H8FNS. The lowest BCUT2D eigenvalue weighted by Gasteiger charge is -2.27. The molecule has 0 spiro atoms. The third-order valence-corrected chi connectivity index (χ3v) is 2.82. The molecule has 0 bridgehead atoms. The van der Waals surface area contributed by atoms with E-state index in [1.165, 1.54) is 0 Å². The van der Waals surface area contributed by atoms with E-state index in [0.29, 0.717) is 18.8 Å². The van der Waals surface area contributed by atoms with Crippen LogP contribution in [0.1, 0.15) is 23.8 Å². The molecule has 10 heavy (non-hydrogen) atoms. The van der Waals surface area contributed by atoms with E-state index >= 15 is 0 Å². The molecule has 0 aromatic carbocycles. The first-order valence-electron chi connectivity index (χ1n) is 3.39. The lowest BCUT2D eigenvalue weighted by atomic mass is 9.84. The Morgan fingerprint density at radius 2 is 2.40 bits per heavy atom. The second kappa shape index (κ2) is 2.31. The number of aromatic nitrogens is 1. The smallest absolute Gasteiger partial charge is 0.101 e. The van der Waals surface area contributed by atoms with E-state index in [1.807, 2.05) is 5.38 Å². The minimum Gasteiger partial charge on any atom is -0.249 e. The first-order chi connectivity index (χ1) is 4.86. The lowest BCUT2D eigenvalue weighted by molar-refractivity contribution is 0.179. The van der Waals surface area contributed by atoms with Crippen LogP contribution in [-0.2, 0) is 0 Å². The summed E-state index contributed by atoms with van der Waals surface area (Å²) in [6.07, 6.45) is 2.60. The summed E-state index contributed by atoms with van der Waals surface area (Å²) >= 11 is 1.63. The van der Waals surface area contributed by atoms with Gasteiger partial charge in [-0.25, -0.2) is 9.37 Å². The zero-order valence-corrected chi connectivity index (χ0v) is 6.27. The standard InChI is InChI=1S/C7H8FNS/c8-6-3-5(4-6)7-9-1-2-10-7/h1-2,5-6H,3-4H2. The fraction of sp³-hybridized carbons (Fsp3) is 0.571. The molecular weight excluding hydrogens is 149 g/mol. The summed E-state index contributed by atoms with van der Waals surface area (Å²) < 4.78 is 12.3. The van der Waals surface area contributed by atoms with Gasteiger partial charge in [0.05, 0.1) is 5.01 Å². The Kier molecular flexibility index (Phi) is 1.45. The van der Waals surface area contributed by atoms with Crippen molar-refractivity contribution in [1.29, 1.82) is 0 Å². The average Bonchev–Trinajstić information content (AvgIpc) is 2.31. The zero-order chi connectivity index (χ0) is 6.97. The summed E-state index contributed by atoms with van der Waals surface area (Å²) in [4.78, 5) is 4.12. The largest absolute Gasteiger partial charge is 0.249 e. The molecule has 1 aliphatic carbocycles. The van der Waals surface area contributed by atoms with Crippen molar-refractivity contribution < 1.29 is 4.39 Å². The average molecular weight is 157 g/mol. The molecule has 1 nitrogen and oxygen atoms in total. The first-order valence-corrected chi connectivity index (χ1v) is 4.27. The van der Waals surface area contributed by atoms with Crippen LogP contribution in [0, 0.1) is 0 Å². The van der Waals surface area contributed by atoms with Gasteiger partial charge in [0.15, 0.2) is 0 Å². The van der Waals surface area contributed by atoms with E-state index in [-0.39, 0.29) is 0 Å². The highest BCUT2D eigenvalue weighted by atomic mass is 32.1. The summed E-state index contributed by atoms with van der Waals surface area (Å²) in [6, 6.07) is 0. The highest BCUT2D eigenvalue weighted by molar-refractivity contribution is 7.09. The monoisotopic (exact) mass is 157 g/mol. The maximum Gasteiger partial charge on any atom is 0.101 e. The van der Waals surface area contributed by atoms with Gasteiger partial charge in [-0.15, -0.1) is 11.3 Å². The molecule has 54 valence electrons. The SMILES string of the molecule is FC1CC(c2nccs2)C1. The van der Waals surface area contributed by atoms with Gasteiger partial charge < -0.3 is 0 Å². The molecule has 1 aromatic heterocycles. The maximum atomic E-state index is 12.3. The predicted octanol–water partition coefficient (Wildman–Crippen LogP) is 2.36. The maximum absolute atomic E-state index is 12.3. The van der Waals surface area contributed by atoms with E-state index in [4.69, 9.17) is 0 Å². The second-order valence-corrected chi connectivity index (χ2v) is 3.56. The van der Waals surface area contributed by atoms with Crippen molar-refractivity contribution in [3.8, 4) is 0 Å². The molecule has 0 atom stereocenters. The van der Waals surface area contributed by atoms with Crippen LogP contribution in [0.5, 0.6) is 0 Å². The summed E-state index contributed by atoms with van der Waals surface area (Å²) in [7, 11) is 0. The molecule has 1 aliphatic rings. The van der Waals surface area contributed by atoms with Gasteiger partial charge in [-0.1, -0.05) is 0 Å². The molecule has 0 radical (unpaired) electrons. The lowest BCUT2D eigenvalue weighted by Crippen LogP contribution is -2.22. The number of rotatable bonds is 1. The Morgan fingerprint density at radius 3 is 2.90 bits per heavy atom. The number of hydrogen-bond acceptors (Lipinski definition) is 2. The Labute approximate surface area is 62.9 Å². The molecule has 1 aromatic rings. The van der Waals surface area contributed by atoms with Crippen molar-refractivity contribution in [2.24, 2.45) is 0 Å². The molecule has 1 saturated carbocycles. The Bertz CT molecular complexity index is 203. The van der Waals surface area contributed by atoms with E-state index in [2.05, 4.69) is 4.98 Å². The van der Waals surface area contributed by atoms with Gasteiger partial charge in [0.2, 0.25) is 0 Å². The van der Waals surface area contributed by atoms with Crippen LogP contribution in [0.3, 0.4) is 0 Å². The second-order valence-electron chi connectivity index (χ2n) is 2.64. The summed E-state index contributed by atoms with van der Waals surface area (Å²) in [6.45, 7) is 0. The molecule has 1 heterocycles. The minimum absolute atomic E-state index is 0.426. The van der Waals surface area contributed by atoms with Crippen LogP contribution >= 0.6 is 11.3 Å². The zero-order valence-electron chi connectivity index (χ0n) is 5.46. The van der Waals surface area contributed by atoms with Crippen molar-refractivity contribution >= 4 is 11.3 Å². The van der Waals surface area contributed by atoms with Crippen molar-refractivity contribution in [2.75, 3.05) is 0 Å². The van der Waals surface area contributed by atoms with Crippen LogP contribution < -0.4 is 0 Å². The van der Waals surface area contributed by atoms with Gasteiger partial charge in [-0.2, -0.15) is 0 Å². The highest BCUT2D eigenvalue weighted by Crippen LogP contribution is 2.39. The molecule has 0 N–H and O–H groups in total. The summed E-state index contributed by atoms with van der Waals surface area (Å²) in [5.41, 5.74) is 0. The van der Waals surface area contributed by atoms with Gasteiger partial charge in [0.1, 0.15) is 6.17 Å². The molecule has 0 amide bonds. The van der Waals surface area contributed by atoms with Crippen LogP contribution in [0.25, 0.3) is 0 Å². The van der Waals surface area contributed by atoms with Crippen LogP contribution in [0.15, 0.2) is 11.6 Å². The molecule has 0 unspecified atom stereocenters. The van der Waals surface area contributed by atoms with Crippen molar-refractivity contribution in [3.05, 3.63) is 16.6 Å². The van der Waals surface area contributed by atoms with E-state index in [1.54, 1.807) is 17.5 Å². The van der Waals surface area contributed by atoms with Gasteiger partial charge in [-0.05, 0) is 12.8 Å². The predicted molar refractivity (Wildman–Crippen MR) is 39.0 cm³/mol. The number of alkyl halides is 1. The highest BCUT2D eigenvalue weighted by Gasteiger charge is 2.31. The first kappa shape index (κ1) is 6.28. The van der Waals surface area contributed by atoms with Gasteiger partial charge >= 0.3 is 0 Å². The fourth-order valence-corrected chi connectivity index (χ4v) is 1.95. The Balaban J connectivity index is 2.04. The topological polar surface area (TPSA) is 12.9 Å². The number of halogens is 1. The van der Waals surface area contributed by atoms with Gasteiger partial charge in [0.25, 0.3) is 0 Å². The Morgan fingerprint density at radius 1 is 1.60 bits per heavy atom. The van der Waals surface area contributed by atoms with Gasteiger partial charge in [0, 0.05) is 17.5 Å². The third-order valence-electron chi connectivity index (χ3n) is 1.88. The van der Waals surface area contributed by atoms with Crippen LogP contribution in [0.2, 0.25) is 0 Å². The third kappa shape index (κ3) is 0.944. The van der Waals surface area contributed by atoms with E-state index in [0.717, 1.165) is 5.01 Å². The van der Waals surface area contributed by atoms with Gasteiger partial charge in [-0.3, -0.25) is 0 Å². The molecule has 0 aliphatic heterocycles. The van der Waals surface area contributed by atoms with Crippen molar-refractivity contribution in [2.45, 2.75) is 24.9 Å². The quantitative estimate of drug-likeness (QED) is 0.609. The summed E-state index contributed by atoms with van der Waals surface area (Å²) in [5, 5.41) is 3.05. The number of thiazole rings is 1. The van der Waals surface area contributed by atoms with Crippen LogP contribution in [0.4, 0.5) is 4.39 Å². The molecule has 0 saturated heterocycles. The van der Waals surface area contributed by atoms with E-state index < -0.39 is 6.17 Å². The fourth-order valence-electron chi connectivity index (χ4n) is 1.19. The normalized spacial score (nSPS) is 31.7. The molecule has 1 fully saturated rings. The van der Waals surface area contributed by atoms with E-state index in [9.17, 15) is 4.39 Å². The number of hydrogen-bond donors (Lipinski definition) is 0. The van der Waals surface area contributed by atoms with Crippen molar-refractivity contribution in [1.82, 2.24) is 4.98 Å².